The molecule has 11 heavy (non-hydrogen) atoms. The van der Waals surface area contributed by atoms with Gasteiger partial charge in [-0.05, 0) is 12.1 Å². The summed E-state index contributed by atoms with van der Waals surface area (Å²) in [5, 5.41) is 0.541. The number of hydrogen-bond donors (Lipinski definition) is 1. The van der Waals surface area contributed by atoms with Crippen molar-refractivity contribution >= 4 is 29.1 Å². The normalized spacial score (nSPS) is 9.36. The summed E-state index contributed by atoms with van der Waals surface area (Å²) in [6.07, 6.45) is 0. The summed E-state index contributed by atoms with van der Waals surface area (Å²) in [6, 6.07) is 5.21. The highest BCUT2D eigenvalue weighted by molar-refractivity contribution is 6.35. The highest BCUT2D eigenvalue weighted by Crippen LogP contribution is 2.26. The Morgan fingerprint density at radius 3 is 2.64 bits per heavy atom. The van der Waals surface area contributed by atoms with Crippen molar-refractivity contribution in [3.05, 3.63) is 23.2 Å². The Morgan fingerprint density at radius 2 is 2.18 bits per heavy atom. The van der Waals surface area contributed by atoms with Crippen LogP contribution in [-0.2, 0) is 0 Å². The minimum atomic E-state index is 0.541. The summed E-state index contributed by atoms with van der Waals surface area (Å²) in [7, 11) is 1.58. The number of halogens is 2. The van der Waals surface area contributed by atoms with Gasteiger partial charge in [0, 0.05) is 17.8 Å². The van der Waals surface area contributed by atoms with Crippen molar-refractivity contribution in [3.63, 3.8) is 0 Å². The second-order valence-corrected chi connectivity index (χ2v) is 2.54. The van der Waals surface area contributed by atoms with Crippen LogP contribution in [0.3, 0.4) is 0 Å². The molecule has 1 aromatic rings. The van der Waals surface area contributed by atoms with E-state index in [9.17, 15) is 0 Å². The molecule has 0 aromatic heterocycles. The Labute approximate surface area is 75.2 Å². The number of methoxy groups -OCH3 is 1. The van der Waals surface area contributed by atoms with E-state index in [1.165, 1.54) is 0 Å². The van der Waals surface area contributed by atoms with Crippen LogP contribution in [-0.4, -0.2) is 7.11 Å². The number of anilines is 1. The van der Waals surface area contributed by atoms with E-state index in [2.05, 4.69) is 4.84 Å². The largest absolute Gasteiger partial charge is 0.497 e. The van der Waals surface area contributed by atoms with Gasteiger partial charge in [0.1, 0.15) is 5.75 Å². The van der Waals surface area contributed by atoms with E-state index in [4.69, 9.17) is 28.1 Å². The van der Waals surface area contributed by atoms with Gasteiger partial charge < -0.3 is 4.74 Å². The van der Waals surface area contributed by atoms with Gasteiger partial charge >= 0.3 is 0 Å². The van der Waals surface area contributed by atoms with Gasteiger partial charge in [0.25, 0.3) is 0 Å². The molecule has 0 saturated carbocycles. The van der Waals surface area contributed by atoms with Crippen LogP contribution in [0, 0.1) is 0 Å². The van der Waals surface area contributed by atoms with E-state index in [0.29, 0.717) is 16.5 Å². The molecule has 0 unspecified atom stereocenters. The van der Waals surface area contributed by atoms with Crippen molar-refractivity contribution in [2.24, 2.45) is 0 Å². The zero-order chi connectivity index (χ0) is 8.27. The minimum absolute atomic E-state index is 0.541. The standard InChI is InChI=1S/C7H7Cl2NO/c1-11-5-2-3-7(10-9)6(8)4-5/h2-4,10H,1H3. The van der Waals surface area contributed by atoms with E-state index in [1.54, 1.807) is 25.3 Å². The van der Waals surface area contributed by atoms with Crippen LogP contribution in [0.25, 0.3) is 0 Å². The average Bonchev–Trinajstić information content (AvgIpc) is 2.04. The van der Waals surface area contributed by atoms with Crippen LogP contribution in [0.15, 0.2) is 18.2 Å². The van der Waals surface area contributed by atoms with Crippen molar-refractivity contribution in [2.75, 3.05) is 11.9 Å². The molecule has 1 rings (SSSR count). The molecule has 1 aromatic carbocycles. The molecule has 0 heterocycles. The zero-order valence-corrected chi connectivity index (χ0v) is 7.41. The van der Waals surface area contributed by atoms with Gasteiger partial charge in [0.05, 0.1) is 17.8 Å². The summed E-state index contributed by atoms with van der Waals surface area (Å²) < 4.78 is 4.94. The number of rotatable bonds is 2. The van der Waals surface area contributed by atoms with Crippen LogP contribution in [0.1, 0.15) is 0 Å². The molecule has 0 aliphatic heterocycles. The van der Waals surface area contributed by atoms with Crippen molar-refractivity contribution in [1.29, 1.82) is 0 Å². The van der Waals surface area contributed by atoms with Crippen molar-refractivity contribution in [3.8, 4) is 5.75 Å². The molecule has 0 bridgehead atoms. The number of benzene rings is 1. The molecular weight excluding hydrogens is 185 g/mol. The first-order valence-corrected chi connectivity index (χ1v) is 3.73. The van der Waals surface area contributed by atoms with E-state index >= 15 is 0 Å². The fourth-order valence-corrected chi connectivity index (χ4v) is 1.13. The summed E-state index contributed by atoms with van der Waals surface area (Å²) in [5.41, 5.74) is 0.675. The van der Waals surface area contributed by atoms with Gasteiger partial charge in [-0.1, -0.05) is 11.6 Å². The topological polar surface area (TPSA) is 21.3 Å². The lowest BCUT2D eigenvalue weighted by Crippen LogP contribution is -1.85. The quantitative estimate of drug-likeness (QED) is 0.727. The Kier molecular flexibility index (Phi) is 2.85. The fourth-order valence-electron chi connectivity index (χ4n) is 0.699. The van der Waals surface area contributed by atoms with Gasteiger partial charge in [-0.3, -0.25) is 4.84 Å². The van der Waals surface area contributed by atoms with E-state index < -0.39 is 0 Å². The van der Waals surface area contributed by atoms with Crippen LogP contribution in [0.2, 0.25) is 5.02 Å². The number of nitrogens with one attached hydrogen (secondary N) is 1. The maximum atomic E-state index is 5.78. The lowest BCUT2D eigenvalue weighted by atomic mass is 10.3. The lowest BCUT2D eigenvalue weighted by Gasteiger charge is -2.03. The van der Waals surface area contributed by atoms with E-state index in [0.717, 1.165) is 0 Å². The van der Waals surface area contributed by atoms with Crippen LogP contribution < -0.4 is 9.57 Å². The van der Waals surface area contributed by atoms with Gasteiger partial charge in [0.15, 0.2) is 0 Å². The Balaban J connectivity index is 2.99. The summed E-state index contributed by atoms with van der Waals surface area (Å²) in [5.74, 6) is 0.714. The third-order valence-electron chi connectivity index (χ3n) is 1.28. The minimum Gasteiger partial charge on any atom is -0.497 e. The highest BCUT2D eigenvalue weighted by atomic mass is 35.5. The first-order valence-electron chi connectivity index (χ1n) is 2.98. The predicted octanol–water partition coefficient (Wildman–Crippen LogP) is 2.91. The van der Waals surface area contributed by atoms with Gasteiger partial charge in [-0.15, -0.1) is 0 Å². The third kappa shape index (κ3) is 1.91. The first-order chi connectivity index (χ1) is 5.27. The average molecular weight is 192 g/mol. The molecule has 4 heteroatoms. The fraction of sp³-hybridized carbons (Fsp3) is 0.143. The summed E-state index contributed by atoms with van der Waals surface area (Å²) in [6.45, 7) is 0. The highest BCUT2D eigenvalue weighted by Gasteiger charge is 1.99. The van der Waals surface area contributed by atoms with E-state index in [-0.39, 0.29) is 0 Å². The van der Waals surface area contributed by atoms with E-state index in [1.807, 2.05) is 0 Å². The maximum absolute atomic E-state index is 5.78. The molecule has 0 radical (unpaired) electrons. The predicted molar refractivity (Wildman–Crippen MR) is 47.5 cm³/mol. The lowest BCUT2D eigenvalue weighted by molar-refractivity contribution is 0.415. The van der Waals surface area contributed by atoms with Crippen LogP contribution in [0.5, 0.6) is 5.75 Å². The van der Waals surface area contributed by atoms with Gasteiger partial charge in [-0.2, -0.15) is 0 Å². The number of ether oxygens (including phenoxy) is 1. The molecule has 0 aliphatic carbocycles. The molecule has 0 saturated heterocycles. The molecular formula is C7H7Cl2NO. The Bertz CT molecular complexity index is 252. The second-order valence-electron chi connectivity index (χ2n) is 1.94. The number of hydrogen-bond acceptors (Lipinski definition) is 2. The SMILES string of the molecule is COc1ccc(NCl)c(Cl)c1. The molecule has 0 aliphatic rings. The molecule has 0 spiro atoms. The molecule has 1 N–H and O–H groups in total. The molecule has 0 atom stereocenters. The monoisotopic (exact) mass is 191 g/mol. The molecule has 2 nitrogen and oxygen atoms in total. The third-order valence-corrected chi connectivity index (χ3v) is 1.79. The molecule has 0 amide bonds. The van der Waals surface area contributed by atoms with Crippen molar-refractivity contribution in [1.82, 2.24) is 0 Å². The van der Waals surface area contributed by atoms with Crippen LogP contribution in [0.4, 0.5) is 5.69 Å². The summed E-state index contributed by atoms with van der Waals surface area (Å²) >= 11 is 11.1. The Hall–Kier alpha value is -0.600. The smallest absolute Gasteiger partial charge is 0.120 e. The molecule has 0 fully saturated rings. The first kappa shape index (κ1) is 8.50. The Morgan fingerprint density at radius 1 is 1.45 bits per heavy atom. The second kappa shape index (κ2) is 3.69. The van der Waals surface area contributed by atoms with Gasteiger partial charge in [-0.25, -0.2) is 0 Å². The van der Waals surface area contributed by atoms with Crippen molar-refractivity contribution < 1.29 is 4.74 Å². The maximum Gasteiger partial charge on any atom is 0.120 e. The van der Waals surface area contributed by atoms with Crippen molar-refractivity contribution in [2.45, 2.75) is 0 Å². The molecule has 60 valence electrons. The van der Waals surface area contributed by atoms with Gasteiger partial charge in [0.2, 0.25) is 0 Å². The van der Waals surface area contributed by atoms with Crippen LogP contribution >= 0.6 is 23.4 Å². The zero-order valence-electron chi connectivity index (χ0n) is 5.90. The summed E-state index contributed by atoms with van der Waals surface area (Å²) in [4.78, 5) is 2.43.